The number of nitrogens with one attached hydrogen (secondary N) is 1. The van der Waals surface area contributed by atoms with E-state index in [4.69, 9.17) is 5.11 Å². The van der Waals surface area contributed by atoms with E-state index in [-0.39, 0.29) is 11.3 Å². The lowest BCUT2D eigenvalue weighted by molar-refractivity contribution is -0.384. The summed E-state index contributed by atoms with van der Waals surface area (Å²) in [4.78, 5) is 20.8. The molecule has 0 aliphatic rings. The van der Waals surface area contributed by atoms with Crippen molar-refractivity contribution < 1.29 is 23.6 Å². The average molecular weight is 294 g/mol. The van der Waals surface area contributed by atoms with Crippen LogP contribution in [0.15, 0.2) is 36.4 Å². The van der Waals surface area contributed by atoms with Gasteiger partial charge in [-0.2, -0.15) is 0 Å². The Labute approximate surface area is 116 Å². The summed E-state index contributed by atoms with van der Waals surface area (Å²) in [5.74, 6) is -3.88. The molecule has 0 fully saturated rings. The molecule has 21 heavy (non-hydrogen) atoms. The summed E-state index contributed by atoms with van der Waals surface area (Å²) in [5.41, 5.74) is -1.33. The molecular formula is C13H8F2N2O4. The number of hydrogen-bond acceptors (Lipinski definition) is 4. The second-order valence-electron chi connectivity index (χ2n) is 4.02. The monoisotopic (exact) mass is 294 g/mol. The van der Waals surface area contributed by atoms with Crippen LogP contribution in [0.4, 0.5) is 25.8 Å². The third-order valence-corrected chi connectivity index (χ3v) is 2.65. The van der Waals surface area contributed by atoms with Crippen LogP contribution >= 0.6 is 0 Å². The van der Waals surface area contributed by atoms with E-state index in [0.717, 1.165) is 12.1 Å². The van der Waals surface area contributed by atoms with E-state index >= 15 is 0 Å². The van der Waals surface area contributed by atoms with E-state index in [0.29, 0.717) is 6.07 Å². The van der Waals surface area contributed by atoms with Gasteiger partial charge in [0.15, 0.2) is 17.3 Å². The smallest absolute Gasteiger partial charge is 0.335 e. The molecule has 0 atom stereocenters. The van der Waals surface area contributed by atoms with Crippen LogP contribution in [0.1, 0.15) is 10.4 Å². The highest BCUT2D eigenvalue weighted by Crippen LogP contribution is 2.31. The molecule has 0 aliphatic carbocycles. The number of carboxylic acids is 1. The number of carboxylic acid groups (broad SMARTS) is 1. The molecule has 2 aromatic rings. The van der Waals surface area contributed by atoms with Gasteiger partial charge in [-0.1, -0.05) is 6.07 Å². The Morgan fingerprint density at radius 2 is 1.95 bits per heavy atom. The van der Waals surface area contributed by atoms with Crippen molar-refractivity contribution in [2.24, 2.45) is 0 Å². The van der Waals surface area contributed by atoms with Crippen LogP contribution < -0.4 is 5.32 Å². The molecule has 108 valence electrons. The van der Waals surface area contributed by atoms with E-state index < -0.39 is 33.9 Å². The molecule has 0 spiro atoms. The summed E-state index contributed by atoms with van der Waals surface area (Å²) in [6.45, 7) is 0. The SMILES string of the molecule is O=C(O)c1cccc(Nc2c([N+](=O)[O-])ccc(F)c2F)c1. The third-order valence-electron chi connectivity index (χ3n) is 2.65. The number of hydrogen-bond donors (Lipinski definition) is 2. The standard InChI is InChI=1S/C13H8F2N2O4/c14-9-4-5-10(17(20)21)12(11(9)15)16-8-3-1-2-7(6-8)13(18)19/h1-6,16H,(H,18,19). The van der Waals surface area contributed by atoms with Crippen molar-refractivity contribution in [1.29, 1.82) is 0 Å². The van der Waals surface area contributed by atoms with Gasteiger partial charge in [0, 0.05) is 11.8 Å². The summed E-state index contributed by atoms with van der Waals surface area (Å²) < 4.78 is 26.9. The predicted octanol–water partition coefficient (Wildman–Crippen LogP) is 3.31. The van der Waals surface area contributed by atoms with E-state index in [1.165, 1.54) is 18.2 Å². The van der Waals surface area contributed by atoms with E-state index in [1.807, 2.05) is 0 Å². The zero-order valence-electron chi connectivity index (χ0n) is 10.3. The van der Waals surface area contributed by atoms with Gasteiger partial charge in [0.1, 0.15) is 0 Å². The number of halogens is 2. The number of carbonyl (C=O) groups is 1. The van der Waals surface area contributed by atoms with Gasteiger partial charge in [-0.3, -0.25) is 10.1 Å². The van der Waals surface area contributed by atoms with Gasteiger partial charge in [0.05, 0.1) is 10.5 Å². The van der Waals surface area contributed by atoms with Crippen molar-refractivity contribution in [3.05, 3.63) is 63.7 Å². The second-order valence-corrected chi connectivity index (χ2v) is 4.02. The normalized spacial score (nSPS) is 10.2. The van der Waals surface area contributed by atoms with Crippen LogP contribution in [-0.4, -0.2) is 16.0 Å². The van der Waals surface area contributed by atoms with Crippen LogP contribution in [0.25, 0.3) is 0 Å². The van der Waals surface area contributed by atoms with Gasteiger partial charge in [-0.25, -0.2) is 13.6 Å². The topological polar surface area (TPSA) is 92.5 Å². The molecular weight excluding hydrogens is 286 g/mol. The van der Waals surface area contributed by atoms with E-state index in [1.54, 1.807) is 0 Å². The van der Waals surface area contributed by atoms with Crippen molar-refractivity contribution in [1.82, 2.24) is 0 Å². The molecule has 0 unspecified atom stereocenters. The molecule has 0 saturated carbocycles. The van der Waals surface area contributed by atoms with Crippen molar-refractivity contribution in [2.45, 2.75) is 0 Å². The second kappa shape index (κ2) is 5.53. The summed E-state index contributed by atoms with van der Waals surface area (Å²) in [5, 5.41) is 22.0. The summed E-state index contributed by atoms with van der Waals surface area (Å²) in [6.07, 6.45) is 0. The van der Waals surface area contributed by atoms with Gasteiger partial charge < -0.3 is 10.4 Å². The Hall–Kier alpha value is -3.03. The fourth-order valence-corrected chi connectivity index (χ4v) is 1.69. The quantitative estimate of drug-likeness (QED) is 0.666. The van der Waals surface area contributed by atoms with Gasteiger partial charge >= 0.3 is 5.97 Å². The van der Waals surface area contributed by atoms with E-state index in [9.17, 15) is 23.7 Å². The Bertz CT molecular complexity index is 734. The molecule has 2 rings (SSSR count). The zero-order chi connectivity index (χ0) is 15.6. The van der Waals surface area contributed by atoms with Crippen molar-refractivity contribution in [3.8, 4) is 0 Å². The number of aromatic carboxylic acids is 1. The molecule has 6 nitrogen and oxygen atoms in total. The lowest BCUT2D eigenvalue weighted by atomic mass is 10.2. The summed E-state index contributed by atoms with van der Waals surface area (Å²) in [7, 11) is 0. The zero-order valence-corrected chi connectivity index (χ0v) is 10.3. The Morgan fingerprint density at radius 1 is 1.24 bits per heavy atom. The third kappa shape index (κ3) is 2.94. The number of benzene rings is 2. The fourth-order valence-electron chi connectivity index (χ4n) is 1.69. The van der Waals surface area contributed by atoms with Crippen LogP contribution in [0.5, 0.6) is 0 Å². The average Bonchev–Trinajstić information content (AvgIpc) is 2.44. The minimum Gasteiger partial charge on any atom is -0.478 e. The van der Waals surface area contributed by atoms with Gasteiger partial charge in [0.25, 0.3) is 5.69 Å². The van der Waals surface area contributed by atoms with Crippen molar-refractivity contribution in [3.63, 3.8) is 0 Å². The van der Waals surface area contributed by atoms with Crippen LogP contribution in [0, 0.1) is 21.7 Å². The highest BCUT2D eigenvalue weighted by atomic mass is 19.2. The number of rotatable bonds is 4. The predicted molar refractivity (Wildman–Crippen MR) is 69.7 cm³/mol. The van der Waals surface area contributed by atoms with Gasteiger partial charge in [0.2, 0.25) is 0 Å². The van der Waals surface area contributed by atoms with Crippen LogP contribution in [0.2, 0.25) is 0 Å². The Morgan fingerprint density at radius 3 is 2.57 bits per heavy atom. The molecule has 0 aliphatic heterocycles. The molecule has 2 aromatic carbocycles. The lowest BCUT2D eigenvalue weighted by Gasteiger charge is -2.09. The minimum absolute atomic E-state index is 0.0856. The van der Waals surface area contributed by atoms with Gasteiger partial charge in [-0.05, 0) is 24.3 Å². The minimum atomic E-state index is -1.41. The highest BCUT2D eigenvalue weighted by molar-refractivity contribution is 5.89. The molecule has 0 saturated heterocycles. The van der Waals surface area contributed by atoms with Crippen LogP contribution in [0.3, 0.4) is 0 Å². The first kappa shape index (κ1) is 14.4. The number of nitrogens with zero attached hydrogens (tertiary/aromatic N) is 1. The maximum absolute atomic E-state index is 13.7. The first-order valence-electron chi connectivity index (χ1n) is 5.63. The number of anilines is 2. The Kier molecular flexibility index (Phi) is 3.79. The Balaban J connectivity index is 2.48. The molecule has 2 N–H and O–H groups in total. The molecule has 0 bridgehead atoms. The molecule has 0 amide bonds. The largest absolute Gasteiger partial charge is 0.478 e. The number of nitro groups is 1. The number of nitro benzene ring substituents is 1. The lowest BCUT2D eigenvalue weighted by Crippen LogP contribution is -2.03. The first-order valence-corrected chi connectivity index (χ1v) is 5.63. The first-order chi connectivity index (χ1) is 9.90. The van der Waals surface area contributed by atoms with Gasteiger partial charge in [-0.15, -0.1) is 0 Å². The molecule has 0 aromatic heterocycles. The molecule has 8 heteroatoms. The molecule has 0 heterocycles. The van der Waals surface area contributed by atoms with E-state index in [2.05, 4.69) is 5.32 Å². The van der Waals surface area contributed by atoms with Crippen molar-refractivity contribution >= 4 is 23.0 Å². The van der Waals surface area contributed by atoms with Crippen molar-refractivity contribution in [2.75, 3.05) is 5.32 Å². The maximum atomic E-state index is 13.7. The fraction of sp³-hybridized carbons (Fsp3) is 0. The summed E-state index contributed by atoms with van der Waals surface area (Å²) in [6, 6.07) is 6.66. The van der Waals surface area contributed by atoms with Crippen LogP contribution in [-0.2, 0) is 0 Å². The summed E-state index contributed by atoms with van der Waals surface area (Å²) >= 11 is 0. The highest BCUT2D eigenvalue weighted by Gasteiger charge is 2.21. The maximum Gasteiger partial charge on any atom is 0.335 e. The molecule has 0 radical (unpaired) electrons.